The van der Waals surface area contributed by atoms with E-state index in [1.807, 2.05) is 0 Å². The van der Waals surface area contributed by atoms with Crippen molar-refractivity contribution < 1.29 is 29.4 Å². The number of hydrogen-bond donors (Lipinski definition) is 6. The number of nitrogens with one attached hydrogen (secondary N) is 3. The van der Waals surface area contributed by atoms with Crippen LogP contribution >= 0.6 is 0 Å². The summed E-state index contributed by atoms with van der Waals surface area (Å²) >= 11 is 0. The number of carboxylic acid groups (broad SMARTS) is 2. The van der Waals surface area contributed by atoms with E-state index in [-0.39, 0.29) is 19.4 Å². The highest BCUT2D eigenvalue weighted by molar-refractivity contribution is 5.85. The molecule has 0 aromatic carbocycles. The van der Waals surface area contributed by atoms with E-state index >= 15 is 0 Å². The smallest absolute Gasteiger partial charge is 0.326 e. The van der Waals surface area contributed by atoms with Crippen molar-refractivity contribution in [3.63, 3.8) is 0 Å². The average Bonchev–Trinajstić information content (AvgIpc) is 2.99. The van der Waals surface area contributed by atoms with Crippen LogP contribution in [0.5, 0.6) is 0 Å². The Balaban J connectivity index is 2.34. The minimum absolute atomic E-state index is 0.0426. The van der Waals surface area contributed by atoms with Crippen molar-refractivity contribution in [1.29, 1.82) is 0 Å². The normalized spacial score (nSPS) is 12.9. The number of imidazole rings is 1. The summed E-state index contributed by atoms with van der Waals surface area (Å²) in [6, 6.07) is -2.45. The minimum atomic E-state index is -1.32. The summed E-state index contributed by atoms with van der Waals surface area (Å²) in [6.07, 6.45) is 2.33. The van der Waals surface area contributed by atoms with Gasteiger partial charge in [0.05, 0.1) is 12.7 Å². The first-order valence-electron chi connectivity index (χ1n) is 7.04. The summed E-state index contributed by atoms with van der Waals surface area (Å²) in [4.78, 5) is 51.3. The van der Waals surface area contributed by atoms with Crippen molar-refractivity contribution in [3.05, 3.63) is 18.2 Å². The summed E-state index contributed by atoms with van der Waals surface area (Å²) in [7, 11) is 0. The monoisotopic (exact) mass is 341 g/mol. The predicted octanol–water partition coefficient (Wildman–Crippen LogP) is -2.17. The molecule has 0 bridgehead atoms. The summed E-state index contributed by atoms with van der Waals surface area (Å²) < 4.78 is 0. The largest absolute Gasteiger partial charge is 0.480 e. The fraction of sp³-hybridized carbons (Fsp3) is 0.462. The molecule has 11 heteroatoms. The maximum Gasteiger partial charge on any atom is 0.326 e. The number of aromatic nitrogens is 2. The molecule has 0 saturated heterocycles. The molecule has 1 aromatic heterocycles. The molecule has 132 valence electrons. The number of hydrogen-bond acceptors (Lipinski definition) is 6. The summed E-state index contributed by atoms with van der Waals surface area (Å²) in [5, 5.41) is 22.3. The number of carbonyl (C=O) groups is 4. The third-order valence-corrected chi connectivity index (χ3v) is 3.01. The Bertz CT molecular complexity index is 588. The number of carbonyl (C=O) groups excluding carboxylic acids is 2. The van der Waals surface area contributed by atoms with Gasteiger partial charge in [0.1, 0.15) is 12.1 Å². The molecule has 0 radical (unpaired) electrons. The molecule has 1 aromatic rings. The highest BCUT2D eigenvalue weighted by atomic mass is 16.4. The van der Waals surface area contributed by atoms with E-state index in [2.05, 4.69) is 20.6 Å². The molecule has 7 N–H and O–H groups in total. The Hall–Kier alpha value is -2.95. The van der Waals surface area contributed by atoms with Gasteiger partial charge < -0.3 is 31.6 Å². The zero-order valence-electron chi connectivity index (χ0n) is 12.7. The number of aromatic amines is 1. The highest BCUT2D eigenvalue weighted by Crippen LogP contribution is 1.99. The molecule has 1 heterocycles. The van der Waals surface area contributed by atoms with Gasteiger partial charge in [-0.25, -0.2) is 9.78 Å². The van der Waals surface area contributed by atoms with Gasteiger partial charge in [-0.15, -0.1) is 0 Å². The van der Waals surface area contributed by atoms with E-state index in [9.17, 15) is 19.2 Å². The van der Waals surface area contributed by atoms with Crippen molar-refractivity contribution in [2.75, 3.05) is 6.54 Å². The van der Waals surface area contributed by atoms with E-state index < -0.39 is 42.3 Å². The molecule has 0 unspecified atom stereocenters. The van der Waals surface area contributed by atoms with Gasteiger partial charge >= 0.3 is 11.9 Å². The van der Waals surface area contributed by atoms with Gasteiger partial charge in [0.25, 0.3) is 0 Å². The van der Waals surface area contributed by atoms with Crippen LogP contribution in [0.2, 0.25) is 0 Å². The van der Waals surface area contributed by atoms with Crippen LogP contribution in [0.25, 0.3) is 0 Å². The second-order valence-electron chi connectivity index (χ2n) is 4.99. The predicted molar refractivity (Wildman–Crippen MR) is 79.7 cm³/mol. The van der Waals surface area contributed by atoms with Crippen LogP contribution in [0.15, 0.2) is 12.5 Å². The van der Waals surface area contributed by atoms with Gasteiger partial charge in [0.2, 0.25) is 11.8 Å². The Morgan fingerprint density at radius 3 is 2.46 bits per heavy atom. The Morgan fingerprint density at radius 2 is 1.92 bits per heavy atom. The fourth-order valence-electron chi connectivity index (χ4n) is 1.76. The zero-order chi connectivity index (χ0) is 18.1. The Labute approximate surface area is 136 Å². The molecule has 0 aliphatic carbocycles. The molecule has 24 heavy (non-hydrogen) atoms. The van der Waals surface area contributed by atoms with E-state index in [0.717, 1.165) is 0 Å². The number of carboxylic acids is 2. The van der Waals surface area contributed by atoms with Crippen molar-refractivity contribution in [3.8, 4) is 0 Å². The number of rotatable bonds is 10. The first kappa shape index (κ1) is 19.1. The first-order chi connectivity index (χ1) is 11.3. The van der Waals surface area contributed by atoms with E-state index in [1.165, 1.54) is 12.5 Å². The molecule has 0 aliphatic heterocycles. The van der Waals surface area contributed by atoms with Crippen LogP contribution < -0.4 is 16.4 Å². The lowest BCUT2D eigenvalue weighted by Gasteiger charge is -2.14. The van der Waals surface area contributed by atoms with Crippen LogP contribution in [-0.2, 0) is 25.6 Å². The van der Waals surface area contributed by atoms with Crippen LogP contribution in [0.1, 0.15) is 18.5 Å². The summed E-state index contributed by atoms with van der Waals surface area (Å²) in [6.45, 7) is -0.0621. The third-order valence-electron chi connectivity index (χ3n) is 3.01. The molecule has 0 aliphatic rings. The van der Waals surface area contributed by atoms with E-state index in [0.29, 0.717) is 5.69 Å². The molecule has 11 nitrogen and oxygen atoms in total. The SMILES string of the molecule is N[C@@H](CC(=O)NCCC(=O)N[C@@H](Cc1cnc[nH]1)C(=O)O)C(=O)O. The van der Waals surface area contributed by atoms with Gasteiger partial charge in [-0.3, -0.25) is 14.4 Å². The van der Waals surface area contributed by atoms with Crippen LogP contribution in [-0.4, -0.2) is 62.6 Å². The Morgan fingerprint density at radius 1 is 1.21 bits per heavy atom. The molecule has 0 spiro atoms. The maximum atomic E-state index is 11.7. The van der Waals surface area contributed by atoms with Gasteiger partial charge in [-0.1, -0.05) is 0 Å². The lowest BCUT2D eigenvalue weighted by Crippen LogP contribution is -2.43. The van der Waals surface area contributed by atoms with Gasteiger partial charge in [0.15, 0.2) is 0 Å². The number of aliphatic carboxylic acids is 2. The van der Waals surface area contributed by atoms with E-state index in [4.69, 9.17) is 15.9 Å². The minimum Gasteiger partial charge on any atom is -0.480 e. The molecule has 2 amide bonds. The van der Waals surface area contributed by atoms with Gasteiger partial charge in [-0.2, -0.15) is 0 Å². The van der Waals surface area contributed by atoms with Gasteiger partial charge in [-0.05, 0) is 0 Å². The van der Waals surface area contributed by atoms with Crippen molar-refractivity contribution in [2.45, 2.75) is 31.3 Å². The number of H-pyrrole nitrogens is 1. The quantitative estimate of drug-likeness (QED) is 0.277. The highest BCUT2D eigenvalue weighted by Gasteiger charge is 2.21. The van der Waals surface area contributed by atoms with Crippen molar-refractivity contribution in [1.82, 2.24) is 20.6 Å². The first-order valence-corrected chi connectivity index (χ1v) is 7.04. The molecule has 0 saturated carbocycles. The number of amides is 2. The molecule has 1 rings (SSSR count). The lowest BCUT2D eigenvalue weighted by atomic mass is 10.1. The Kier molecular flexibility index (Phi) is 7.36. The van der Waals surface area contributed by atoms with E-state index in [1.54, 1.807) is 0 Å². The topological polar surface area (TPSA) is 187 Å². The third kappa shape index (κ3) is 6.87. The number of nitrogens with zero attached hydrogens (tertiary/aromatic N) is 1. The lowest BCUT2D eigenvalue weighted by molar-refractivity contribution is -0.141. The second kappa shape index (κ2) is 9.25. The molecule has 2 atom stereocenters. The average molecular weight is 341 g/mol. The molecular formula is C13H19N5O6. The number of nitrogens with two attached hydrogens (primary N) is 1. The fourth-order valence-corrected chi connectivity index (χ4v) is 1.76. The molecule has 0 fully saturated rings. The zero-order valence-corrected chi connectivity index (χ0v) is 12.7. The van der Waals surface area contributed by atoms with Crippen molar-refractivity contribution >= 4 is 23.8 Å². The molecular weight excluding hydrogens is 322 g/mol. The summed E-state index contributed by atoms with van der Waals surface area (Å²) in [5.74, 6) is -3.67. The van der Waals surface area contributed by atoms with Crippen LogP contribution in [0, 0.1) is 0 Å². The standard InChI is InChI=1S/C13H19N5O6/c14-8(12(21)22)4-11(20)16-2-1-10(19)18-9(13(23)24)3-7-5-15-6-17-7/h5-6,8-9H,1-4,14H2,(H,15,17)(H,16,20)(H,18,19)(H,21,22)(H,23,24)/t8-,9-/m0/s1. The van der Waals surface area contributed by atoms with Crippen LogP contribution in [0.4, 0.5) is 0 Å². The van der Waals surface area contributed by atoms with Crippen molar-refractivity contribution in [2.24, 2.45) is 5.73 Å². The van der Waals surface area contributed by atoms with Crippen LogP contribution in [0.3, 0.4) is 0 Å². The summed E-state index contributed by atoms with van der Waals surface area (Å²) in [5.41, 5.74) is 5.75. The maximum absolute atomic E-state index is 11.7. The second-order valence-corrected chi connectivity index (χ2v) is 4.99. The van der Waals surface area contributed by atoms with Gasteiger partial charge in [0, 0.05) is 31.3 Å².